The molecule has 1 aliphatic heterocycles. The maximum Gasteiger partial charge on any atom is 0.338 e. The molecule has 0 saturated carbocycles. The molecule has 0 amide bonds. The molecule has 20 heavy (non-hydrogen) atoms. The van der Waals surface area contributed by atoms with Gasteiger partial charge in [-0.2, -0.15) is 0 Å². The zero-order valence-electron chi connectivity index (χ0n) is 11.3. The molecule has 1 fully saturated rings. The first-order valence-corrected chi connectivity index (χ1v) is 6.11. The van der Waals surface area contributed by atoms with Crippen LogP contribution < -0.4 is 11.1 Å². The van der Waals surface area contributed by atoms with Crippen molar-refractivity contribution < 1.29 is 23.4 Å². The Labute approximate surface area is 116 Å². The fourth-order valence-corrected chi connectivity index (χ4v) is 2.07. The molecule has 6 nitrogen and oxygen atoms in total. The van der Waals surface area contributed by atoms with Crippen LogP contribution in [0.25, 0.3) is 0 Å². The first kappa shape index (κ1) is 14.5. The van der Waals surface area contributed by atoms with Crippen LogP contribution in [0.5, 0.6) is 0 Å². The number of ether oxygens (including phenoxy) is 3. The van der Waals surface area contributed by atoms with Gasteiger partial charge in [-0.25, -0.2) is 9.18 Å². The summed E-state index contributed by atoms with van der Waals surface area (Å²) in [5.74, 6) is -1.30. The Kier molecular flexibility index (Phi) is 4.41. The van der Waals surface area contributed by atoms with E-state index in [9.17, 15) is 9.18 Å². The Hall–Kier alpha value is -1.86. The van der Waals surface area contributed by atoms with Crippen LogP contribution in [0.2, 0.25) is 0 Å². The number of methoxy groups -OCH3 is 2. The smallest absolute Gasteiger partial charge is 0.338 e. The van der Waals surface area contributed by atoms with Crippen molar-refractivity contribution in [3.05, 3.63) is 23.5 Å². The Morgan fingerprint density at radius 3 is 2.85 bits per heavy atom. The summed E-state index contributed by atoms with van der Waals surface area (Å²) in [6.07, 6.45) is -0.153. The number of rotatable bonds is 4. The van der Waals surface area contributed by atoms with Crippen LogP contribution in [0, 0.1) is 5.82 Å². The predicted octanol–water partition coefficient (Wildman–Crippen LogP) is 1.02. The maximum atomic E-state index is 13.8. The number of carbonyl (C=O) groups is 1. The van der Waals surface area contributed by atoms with Crippen LogP contribution in [0.15, 0.2) is 12.1 Å². The standard InChI is InChI=1S/C13H17FN2O4/c1-18-11-6-20-5-10(11)16-9-4-7(13(17)19-2)3-8(14)12(9)15/h3-4,10-11,16H,5-6,15H2,1-2H3/t10-,11+/m1/s1. The van der Waals surface area contributed by atoms with Crippen molar-refractivity contribution in [2.75, 3.05) is 38.5 Å². The number of carbonyl (C=O) groups excluding carboxylic acids is 1. The monoisotopic (exact) mass is 284 g/mol. The largest absolute Gasteiger partial charge is 0.465 e. The van der Waals surface area contributed by atoms with Crippen molar-refractivity contribution in [3.8, 4) is 0 Å². The normalized spacial score (nSPS) is 21.8. The number of hydrogen-bond donors (Lipinski definition) is 2. The molecule has 1 aliphatic rings. The van der Waals surface area contributed by atoms with Gasteiger partial charge in [0.15, 0.2) is 0 Å². The van der Waals surface area contributed by atoms with Gasteiger partial charge in [-0.15, -0.1) is 0 Å². The van der Waals surface area contributed by atoms with Gasteiger partial charge in [-0.05, 0) is 12.1 Å². The molecule has 0 aromatic heterocycles. The van der Waals surface area contributed by atoms with Crippen LogP contribution in [-0.2, 0) is 14.2 Å². The molecular formula is C13H17FN2O4. The van der Waals surface area contributed by atoms with Crippen molar-refractivity contribution in [1.29, 1.82) is 0 Å². The molecule has 2 atom stereocenters. The summed E-state index contributed by atoms with van der Waals surface area (Å²) >= 11 is 0. The summed E-state index contributed by atoms with van der Waals surface area (Å²) in [4.78, 5) is 11.5. The van der Waals surface area contributed by atoms with Crippen LogP contribution in [0.3, 0.4) is 0 Å². The molecule has 3 N–H and O–H groups in total. The SMILES string of the molecule is COC(=O)c1cc(F)c(N)c(N[C@@H]2COC[C@@H]2OC)c1. The van der Waals surface area contributed by atoms with Crippen molar-refractivity contribution in [3.63, 3.8) is 0 Å². The lowest BCUT2D eigenvalue weighted by molar-refractivity contribution is 0.0600. The topological polar surface area (TPSA) is 82.8 Å². The second-order valence-electron chi connectivity index (χ2n) is 4.47. The van der Waals surface area contributed by atoms with E-state index in [2.05, 4.69) is 10.1 Å². The predicted molar refractivity (Wildman–Crippen MR) is 71.2 cm³/mol. The highest BCUT2D eigenvalue weighted by atomic mass is 19.1. The number of hydrogen-bond acceptors (Lipinski definition) is 6. The van der Waals surface area contributed by atoms with Gasteiger partial charge in [0.05, 0.1) is 43.3 Å². The molecule has 1 heterocycles. The first-order valence-electron chi connectivity index (χ1n) is 6.11. The highest BCUT2D eigenvalue weighted by Gasteiger charge is 2.29. The van der Waals surface area contributed by atoms with Gasteiger partial charge in [-0.3, -0.25) is 0 Å². The number of esters is 1. The van der Waals surface area contributed by atoms with E-state index in [1.807, 2.05) is 0 Å². The quantitative estimate of drug-likeness (QED) is 0.634. The third-order valence-electron chi connectivity index (χ3n) is 3.22. The highest BCUT2D eigenvalue weighted by molar-refractivity contribution is 5.92. The second-order valence-corrected chi connectivity index (χ2v) is 4.47. The minimum atomic E-state index is -0.678. The van der Waals surface area contributed by atoms with Crippen molar-refractivity contribution in [2.45, 2.75) is 12.1 Å². The first-order chi connectivity index (χ1) is 9.56. The molecule has 0 aliphatic carbocycles. The number of benzene rings is 1. The van der Waals surface area contributed by atoms with Crippen molar-refractivity contribution in [1.82, 2.24) is 0 Å². The maximum absolute atomic E-state index is 13.8. The van der Waals surface area contributed by atoms with E-state index in [4.69, 9.17) is 15.2 Å². The van der Waals surface area contributed by atoms with Gasteiger partial charge in [0.1, 0.15) is 11.9 Å². The lowest BCUT2D eigenvalue weighted by Gasteiger charge is -2.20. The second kappa shape index (κ2) is 6.06. The molecule has 0 unspecified atom stereocenters. The lowest BCUT2D eigenvalue weighted by Crippen LogP contribution is -2.33. The Balaban J connectivity index is 2.26. The van der Waals surface area contributed by atoms with Gasteiger partial charge in [0, 0.05) is 7.11 Å². The van der Waals surface area contributed by atoms with Gasteiger partial charge in [-0.1, -0.05) is 0 Å². The minimum absolute atomic E-state index is 0.0561. The Morgan fingerprint density at radius 1 is 1.45 bits per heavy atom. The minimum Gasteiger partial charge on any atom is -0.465 e. The average Bonchev–Trinajstić information content (AvgIpc) is 2.89. The molecule has 1 aromatic carbocycles. The van der Waals surface area contributed by atoms with E-state index in [-0.39, 0.29) is 23.4 Å². The van der Waals surface area contributed by atoms with Gasteiger partial charge in [0.25, 0.3) is 0 Å². The summed E-state index contributed by atoms with van der Waals surface area (Å²) in [5, 5.41) is 3.05. The Morgan fingerprint density at radius 2 is 2.20 bits per heavy atom. The van der Waals surface area contributed by atoms with Crippen LogP contribution >= 0.6 is 0 Å². The Bertz CT molecular complexity index is 509. The van der Waals surface area contributed by atoms with E-state index in [1.165, 1.54) is 13.2 Å². The molecule has 110 valence electrons. The summed E-state index contributed by atoms with van der Waals surface area (Å²) in [6, 6.07) is 2.34. The third kappa shape index (κ3) is 2.83. The van der Waals surface area contributed by atoms with Crippen molar-refractivity contribution in [2.24, 2.45) is 0 Å². The van der Waals surface area contributed by atoms with E-state index in [0.717, 1.165) is 6.07 Å². The third-order valence-corrected chi connectivity index (χ3v) is 3.22. The average molecular weight is 284 g/mol. The fourth-order valence-electron chi connectivity index (χ4n) is 2.07. The van der Waals surface area contributed by atoms with E-state index in [1.54, 1.807) is 7.11 Å². The number of anilines is 2. The van der Waals surface area contributed by atoms with Gasteiger partial charge < -0.3 is 25.3 Å². The summed E-state index contributed by atoms with van der Waals surface area (Å²) in [7, 11) is 2.80. The molecule has 0 spiro atoms. The molecule has 1 aromatic rings. The number of nitrogens with two attached hydrogens (primary N) is 1. The summed E-state index contributed by atoms with van der Waals surface area (Å²) < 4.78 is 28.9. The zero-order chi connectivity index (χ0) is 14.7. The summed E-state index contributed by atoms with van der Waals surface area (Å²) in [6.45, 7) is 0.870. The van der Waals surface area contributed by atoms with E-state index < -0.39 is 11.8 Å². The molecule has 1 saturated heterocycles. The van der Waals surface area contributed by atoms with Crippen LogP contribution in [0.4, 0.5) is 15.8 Å². The highest BCUT2D eigenvalue weighted by Crippen LogP contribution is 2.27. The number of nitrogens with one attached hydrogen (secondary N) is 1. The number of halogens is 1. The summed E-state index contributed by atoms with van der Waals surface area (Å²) in [5.41, 5.74) is 6.05. The van der Waals surface area contributed by atoms with Crippen LogP contribution in [0.1, 0.15) is 10.4 Å². The number of nitrogen functional groups attached to an aromatic ring is 1. The molecule has 0 radical (unpaired) electrons. The van der Waals surface area contributed by atoms with Crippen LogP contribution in [-0.4, -0.2) is 45.5 Å². The lowest BCUT2D eigenvalue weighted by atomic mass is 10.1. The van der Waals surface area contributed by atoms with Crippen molar-refractivity contribution >= 4 is 17.3 Å². The molecule has 0 bridgehead atoms. The molecular weight excluding hydrogens is 267 g/mol. The fraction of sp³-hybridized carbons (Fsp3) is 0.462. The molecule has 7 heteroatoms. The van der Waals surface area contributed by atoms with E-state index >= 15 is 0 Å². The molecule has 2 rings (SSSR count). The van der Waals surface area contributed by atoms with E-state index in [0.29, 0.717) is 18.9 Å². The zero-order valence-corrected chi connectivity index (χ0v) is 11.3. The van der Waals surface area contributed by atoms with Gasteiger partial charge in [0.2, 0.25) is 0 Å². The van der Waals surface area contributed by atoms with Gasteiger partial charge >= 0.3 is 5.97 Å².